The van der Waals surface area contributed by atoms with Crippen LogP contribution in [0.25, 0.3) is 21.7 Å². The van der Waals surface area contributed by atoms with E-state index >= 15 is 0 Å². The molecule has 1 aromatic carbocycles. The number of rotatable bonds is 5. The Bertz CT molecular complexity index is 1190. The van der Waals surface area contributed by atoms with Crippen LogP contribution in [0.4, 0.5) is 5.13 Å². The molecule has 2 aromatic heterocycles. The lowest BCUT2D eigenvalue weighted by atomic mass is 9.81. The molecule has 7 heteroatoms. The molecule has 0 aliphatic carbocycles. The van der Waals surface area contributed by atoms with E-state index in [2.05, 4.69) is 34.2 Å². The smallest absolute Gasteiger partial charge is 0.186 e. The Labute approximate surface area is 192 Å². The molecule has 0 unspecified atom stereocenters. The number of hydrogen-bond donors (Lipinski definition) is 0. The summed E-state index contributed by atoms with van der Waals surface area (Å²) in [5.74, 6) is 0. The Morgan fingerprint density at radius 3 is 2.41 bits per heavy atom. The maximum absolute atomic E-state index is 9.68. The van der Waals surface area contributed by atoms with Gasteiger partial charge in [-0.05, 0) is 56.5 Å². The first-order valence-corrected chi connectivity index (χ1v) is 11.4. The zero-order chi connectivity index (χ0) is 22.7. The highest BCUT2D eigenvalue weighted by Gasteiger charge is 2.36. The Kier molecular flexibility index (Phi) is 6.23. The van der Waals surface area contributed by atoms with Crippen LogP contribution in [0.2, 0.25) is 0 Å². The van der Waals surface area contributed by atoms with Gasteiger partial charge in [0.2, 0.25) is 0 Å². The summed E-state index contributed by atoms with van der Waals surface area (Å²) >= 11 is 1.66. The Morgan fingerprint density at radius 1 is 1.06 bits per heavy atom. The van der Waals surface area contributed by atoms with Crippen LogP contribution in [0.15, 0.2) is 36.4 Å². The lowest BCUT2D eigenvalue weighted by Crippen LogP contribution is -2.41. The molecular weight excluding hydrogens is 418 g/mol. The minimum absolute atomic E-state index is 0.422. The second-order valence-corrected chi connectivity index (χ2v) is 9.30. The predicted octanol–water partition coefficient (Wildman–Crippen LogP) is 5.12. The van der Waals surface area contributed by atoms with Crippen LogP contribution in [0, 0.1) is 41.9 Å². The molecule has 1 aliphatic heterocycles. The molecule has 3 heterocycles. The lowest BCUT2D eigenvalue weighted by molar-refractivity contribution is 0.0983. The summed E-state index contributed by atoms with van der Waals surface area (Å²) < 4.78 is 5.31. The summed E-state index contributed by atoms with van der Waals surface area (Å²) in [5.41, 5.74) is 5.00. The number of aromatic nitrogens is 2. The predicted molar refractivity (Wildman–Crippen MR) is 126 cm³/mol. The Morgan fingerprint density at radius 2 is 1.78 bits per heavy atom. The van der Waals surface area contributed by atoms with Gasteiger partial charge in [0.15, 0.2) is 5.13 Å². The van der Waals surface area contributed by atoms with Crippen molar-refractivity contribution in [2.45, 2.75) is 26.7 Å². The van der Waals surface area contributed by atoms with Crippen LogP contribution in [0.5, 0.6) is 0 Å². The minimum Gasteiger partial charge on any atom is -0.383 e. The third-order valence-corrected chi connectivity index (χ3v) is 7.04. The zero-order valence-electron chi connectivity index (χ0n) is 18.6. The van der Waals surface area contributed by atoms with E-state index in [4.69, 9.17) is 9.72 Å². The fourth-order valence-corrected chi connectivity index (χ4v) is 5.35. The molecule has 0 amide bonds. The molecule has 1 saturated heterocycles. The quantitative estimate of drug-likeness (QED) is 0.544. The van der Waals surface area contributed by atoms with Crippen LogP contribution < -0.4 is 4.90 Å². The number of nitriles is 2. The molecule has 32 heavy (non-hydrogen) atoms. The van der Waals surface area contributed by atoms with Gasteiger partial charge >= 0.3 is 0 Å². The van der Waals surface area contributed by atoms with Gasteiger partial charge in [-0.1, -0.05) is 23.5 Å². The van der Waals surface area contributed by atoms with Gasteiger partial charge in [-0.25, -0.2) is 4.98 Å². The molecule has 4 rings (SSSR count). The normalized spacial score (nSPS) is 15.2. The molecular formula is C25H25N5OS. The second-order valence-electron chi connectivity index (χ2n) is 8.32. The Hall–Kier alpha value is -3.26. The minimum atomic E-state index is -0.422. The average Bonchev–Trinajstić information content (AvgIpc) is 3.25. The highest BCUT2D eigenvalue weighted by Crippen LogP contribution is 2.42. The van der Waals surface area contributed by atoms with Crippen molar-refractivity contribution in [3.05, 3.63) is 53.3 Å². The number of benzene rings is 1. The zero-order valence-corrected chi connectivity index (χ0v) is 19.4. The van der Waals surface area contributed by atoms with Gasteiger partial charge in [-0.2, -0.15) is 10.5 Å². The molecule has 0 atom stereocenters. The molecule has 6 nitrogen and oxygen atoms in total. The topological polar surface area (TPSA) is 85.8 Å². The highest BCUT2D eigenvalue weighted by molar-refractivity contribution is 7.19. The van der Waals surface area contributed by atoms with E-state index in [9.17, 15) is 10.5 Å². The van der Waals surface area contributed by atoms with E-state index in [1.165, 1.54) is 0 Å². The molecule has 3 aromatic rings. The van der Waals surface area contributed by atoms with Crippen LogP contribution in [-0.4, -0.2) is 36.8 Å². The van der Waals surface area contributed by atoms with Crippen molar-refractivity contribution < 1.29 is 4.74 Å². The third kappa shape index (κ3) is 4.36. The van der Waals surface area contributed by atoms with Gasteiger partial charge in [0.05, 0.1) is 40.3 Å². The van der Waals surface area contributed by atoms with E-state index in [-0.39, 0.29) is 0 Å². The van der Waals surface area contributed by atoms with Crippen molar-refractivity contribution in [1.82, 2.24) is 9.97 Å². The van der Waals surface area contributed by atoms with Gasteiger partial charge in [0.1, 0.15) is 0 Å². The molecule has 1 aliphatic rings. The van der Waals surface area contributed by atoms with Gasteiger partial charge in [-0.15, -0.1) is 0 Å². The number of pyridine rings is 1. The van der Waals surface area contributed by atoms with E-state index in [1.54, 1.807) is 24.5 Å². The van der Waals surface area contributed by atoms with Crippen molar-refractivity contribution in [3.63, 3.8) is 0 Å². The molecule has 1 fully saturated rings. The van der Waals surface area contributed by atoms with Gasteiger partial charge in [-0.3, -0.25) is 4.98 Å². The maximum Gasteiger partial charge on any atom is 0.186 e. The largest absolute Gasteiger partial charge is 0.383 e. The Balaban J connectivity index is 1.75. The summed E-state index contributed by atoms with van der Waals surface area (Å²) in [4.78, 5) is 12.9. The lowest BCUT2D eigenvalue weighted by Gasteiger charge is -2.36. The number of nitrogens with zero attached hydrogens (tertiary/aromatic N) is 5. The number of aryl methyl sites for hydroxylation is 2. The van der Waals surface area contributed by atoms with E-state index in [0.717, 1.165) is 64.1 Å². The number of anilines is 1. The summed E-state index contributed by atoms with van der Waals surface area (Å²) in [6.45, 7) is 5.97. The average molecular weight is 444 g/mol. The number of thiazole rings is 1. The third-order valence-electron chi connectivity index (χ3n) is 5.87. The fraction of sp³-hybridized carbons (Fsp3) is 0.360. The van der Waals surface area contributed by atoms with Crippen molar-refractivity contribution in [2.24, 2.45) is 5.41 Å². The number of ether oxygens (including phenoxy) is 1. The van der Waals surface area contributed by atoms with Crippen LogP contribution in [0.3, 0.4) is 0 Å². The molecule has 162 valence electrons. The van der Waals surface area contributed by atoms with Crippen LogP contribution in [0.1, 0.15) is 29.8 Å². The first-order valence-electron chi connectivity index (χ1n) is 10.6. The van der Waals surface area contributed by atoms with Crippen molar-refractivity contribution in [3.8, 4) is 33.8 Å². The number of methoxy groups -OCH3 is 1. The summed E-state index contributed by atoms with van der Waals surface area (Å²) in [6, 6.07) is 16.5. The number of piperidine rings is 1. The summed E-state index contributed by atoms with van der Waals surface area (Å²) in [5, 5.41) is 20.0. The summed E-state index contributed by atoms with van der Waals surface area (Å²) in [7, 11) is 1.65. The van der Waals surface area contributed by atoms with Crippen LogP contribution >= 0.6 is 11.3 Å². The maximum atomic E-state index is 9.68. The van der Waals surface area contributed by atoms with Crippen molar-refractivity contribution in [1.29, 1.82) is 10.5 Å². The molecule has 0 saturated carbocycles. The van der Waals surface area contributed by atoms with Crippen LogP contribution in [-0.2, 0) is 4.74 Å². The van der Waals surface area contributed by atoms with Crippen molar-refractivity contribution >= 4 is 16.5 Å². The fourth-order valence-electron chi connectivity index (χ4n) is 4.23. The van der Waals surface area contributed by atoms with Gasteiger partial charge < -0.3 is 9.64 Å². The molecule has 0 bridgehead atoms. The van der Waals surface area contributed by atoms with E-state index in [0.29, 0.717) is 12.2 Å². The van der Waals surface area contributed by atoms with E-state index in [1.807, 2.05) is 32.0 Å². The molecule has 0 N–H and O–H groups in total. The SMILES string of the molecule is COCC1(C#N)CCN(c2nc(-c3cccc(C#N)c3)c(-c3cc(C)nc(C)c3)s2)CC1. The van der Waals surface area contributed by atoms with E-state index < -0.39 is 5.41 Å². The molecule has 0 spiro atoms. The van der Waals surface area contributed by atoms with Gasteiger partial charge in [0.25, 0.3) is 0 Å². The highest BCUT2D eigenvalue weighted by atomic mass is 32.1. The monoisotopic (exact) mass is 443 g/mol. The first kappa shape index (κ1) is 22.0. The first-order chi connectivity index (χ1) is 15.5. The summed E-state index contributed by atoms with van der Waals surface area (Å²) in [6.07, 6.45) is 1.50. The number of hydrogen-bond acceptors (Lipinski definition) is 7. The van der Waals surface area contributed by atoms with Crippen molar-refractivity contribution in [2.75, 3.05) is 31.7 Å². The van der Waals surface area contributed by atoms with Gasteiger partial charge in [0, 0.05) is 37.2 Å². The second kappa shape index (κ2) is 9.08. The molecule has 0 radical (unpaired) electrons. The standard InChI is InChI=1S/C25H25N5OS/c1-17-11-21(12-18(2)28-17)23-22(20-6-4-5-19(13-20)14-26)29-24(32-23)30-9-7-25(15-27,8-10-30)16-31-3/h4-6,11-13H,7-10,16H2,1-3H3.